The van der Waals surface area contributed by atoms with E-state index in [1.807, 2.05) is 25.3 Å². The van der Waals surface area contributed by atoms with E-state index in [4.69, 9.17) is 9.97 Å². The van der Waals surface area contributed by atoms with E-state index in [2.05, 4.69) is 81.5 Å². The zero-order valence-electron chi connectivity index (χ0n) is 19.1. The summed E-state index contributed by atoms with van der Waals surface area (Å²) in [5.41, 5.74) is 6.07. The van der Waals surface area contributed by atoms with Gasteiger partial charge in [0.05, 0.1) is 17.9 Å². The molecular formula is C28H29N5. The lowest BCUT2D eigenvalue weighted by atomic mass is 10.0. The first-order chi connectivity index (χ1) is 16.2. The first-order valence-electron chi connectivity index (χ1n) is 11.6. The molecule has 0 aliphatic carbocycles. The molecule has 5 nitrogen and oxygen atoms in total. The summed E-state index contributed by atoms with van der Waals surface area (Å²) in [5, 5.41) is 0. The van der Waals surface area contributed by atoms with Crippen molar-refractivity contribution in [3.8, 4) is 0 Å². The third-order valence-corrected chi connectivity index (χ3v) is 6.08. The Morgan fingerprint density at radius 1 is 0.818 bits per heavy atom. The van der Waals surface area contributed by atoms with Crippen molar-refractivity contribution >= 4 is 5.82 Å². The van der Waals surface area contributed by atoms with Gasteiger partial charge in [-0.2, -0.15) is 0 Å². The van der Waals surface area contributed by atoms with Crippen molar-refractivity contribution in [2.24, 2.45) is 0 Å². The molecule has 166 valence electrons. The number of aromatic nitrogens is 3. The van der Waals surface area contributed by atoms with Gasteiger partial charge in [-0.3, -0.25) is 9.88 Å². The number of benzene rings is 2. The second-order valence-corrected chi connectivity index (χ2v) is 8.63. The quantitative estimate of drug-likeness (QED) is 0.411. The normalized spacial score (nSPS) is 13.5. The van der Waals surface area contributed by atoms with E-state index < -0.39 is 0 Å². The molecular weight excluding hydrogens is 406 g/mol. The number of hydrogen-bond donors (Lipinski definition) is 0. The van der Waals surface area contributed by atoms with Crippen molar-refractivity contribution < 1.29 is 0 Å². The summed E-state index contributed by atoms with van der Waals surface area (Å²) < 4.78 is 0. The molecule has 0 fully saturated rings. The van der Waals surface area contributed by atoms with Gasteiger partial charge in [-0.25, -0.2) is 9.97 Å². The van der Waals surface area contributed by atoms with Gasteiger partial charge in [-0.05, 0) is 36.6 Å². The highest BCUT2D eigenvalue weighted by molar-refractivity contribution is 5.51. The minimum Gasteiger partial charge on any atom is -0.346 e. The standard InChI is InChI=1S/C28H29N5/c1-22-30-27-21-32(18-23-10-4-2-5-11-23)17-15-26(27)28(31-22)33(19-24-12-6-3-7-13-24)20-25-14-8-9-16-29-25/h2-14,16H,15,17-21H2,1H3. The highest BCUT2D eigenvalue weighted by Crippen LogP contribution is 2.29. The van der Waals surface area contributed by atoms with Gasteiger partial charge in [0.1, 0.15) is 11.6 Å². The molecule has 2 aromatic heterocycles. The summed E-state index contributed by atoms with van der Waals surface area (Å²) in [6.07, 6.45) is 2.81. The Morgan fingerprint density at radius 2 is 1.55 bits per heavy atom. The number of aryl methyl sites for hydroxylation is 1. The number of anilines is 1. The fourth-order valence-corrected chi connectivity index (χ4v) is 4.52. The molecule has 0 unspecified atom stereocenters. The zero-order chi connectivity index (χ0) is 22.5. The SMILES string of the molecule is Cc1nc2c(c(N(Cc3ccccc3)Cc3ccccn3)n1)CCN(Cc1ccccc1)C2. The molecule has 33 heavy (non-hydrogen) atoms. The van der Waals surface area contributed by atoms with Crippen LogP contribution in [-0.2, 0) is 32.6 Å². The van der Waals surface area contributed by atoms with Crippen LogP contribution in [0.4, 0.5) is 5.82 Å². The Labute approximate surface area is 195 Å². The van der Waals surface area contributed by atoms with Gasteiger partial charge in [-0.1, -0.05) is 66.7 Å². The van der Waals surface area contributed by atoms with Crippen molar-refractivity contribution in [3.63, 3.8) is 0 Å². The number of rotatable bonds is 7. The molecule has 2 aromatic carbocycles. The van der Waals surface area contributed by atoms with Gasteiger partial charge >= 0.3 is 0 Å². The lowest BCUT2D eigenvalue weighted by Crippen LogP contribution is -2.34. The zero-order valence-corrected chi connectivity index (χ0v) is 19.1. The van der Waals surface area contributed by atoms with E-state index in [-0.39, 0.29) is 0 Å². The molecule has 5 rings (SSSR count). The van der Waals surface area contributed by atoms with E-state index >= 15 is 0 Å². The maximum Gasteiger partial charge on any atom is 0.136 e. The molecule has 0 spiro atoms. The number of nitrogens with zero attached hydrogens (tertiary/aromatic N) is 5. The topological polar surface area (TPSA) is 45.2 Å². The smallest absolute Gasteiger partial charge is 0.136 e. The largest absolute Gasteiger partial charge is 0.346 e. The average Bonchev–Trinajstić information content (AvgIpc) is 2.85. The van der Waals surface area contributed by atoms with E-state index in [0.29, 0.717) is 6.54 Å². The van der Waals surface area contributed by atoms with Crippen LogP contribution in [0.1, 0.15) is 33.9 Å². The van der Waals surface area contributed by atoms with Crippen LogP contribution in [0, 0.1) is 6.92 Å². The molecule has 0 radical (unpaired) electrons. The van der Waals surface area contributed by atoms with Crippen molar-refractivity contribution in [3.05, 3.63) is 119 Å². The van der Waals surface area contributed by atoms with Gasteiger partial charge in [0.25, 0.3) is 0 Å². The summed E-state index contributed by atoms with van der Waals surface area (Å²) >= 11 is 0. The van der Waals surface area contributed by atoms with Crippen LogP contribution in [0.15, 0.2) is 85.1 Å². The van der Waals surface area contributed by atoms with Gasteiger partial charge in [0.2, 0.25) is 0 Å². The Bertz CT molecular complexity index is 1140. The minimum atomic E-state index is 0.715. The molecule has 5 heteroatoms. The van der Waals surface area contributed by atoms with Crippen molar-refractivity contribution in [2.45, 2.75) is 39.5 Å². The van der Waals surface area contributed by atoms with Gasteiger partial charge in [0, 0.05) is 37.9 Å². The number of pyridine rings is 1. The third kappa shape index (κ3) is 5.26. The second kappa shape index (κ2) is 9.92. The van der Waals surface area contributed by atoms with Gasteiger partial charge < -0.3 is 4.90 Å². The third-order valence-electron chi connectivity index (χ3n) is 6.08. The summed E-state index contributed by atoms with van der Waals surface area (Å²) in [6, 6.07) is 27.4. The Balaban J connectivity index is 1.45. The van der Waals surface area contributed by atoms with E-state index in [1.54, 1.807) is 0 Å². The van der Waals surface area contributed by atoms with Gasteiger partial charge in [-0.15, -0.1) is 0 Å². The monoisotopic (exact) mass is 435 g/mol. The fraction of sp³-hybridized carbons (Fsp3) is 0.250. The summed E-state index contributed by atoms with van der Waals surface area (Å²) in [5.74, 6) is 1.87. The summed E-state index contributed by atoms with van der Waals surface area (Å²) in [4.78, 5) is 19.2. The first kappa shape index (κ1) is 21.3. The van der Waals surface area contributed by atoms with E-state index in [1.165, 1.54) is 16.7 Å². The van der Waals surface area contributed by atoms with E-state index in [0.717, 1.165) is 55.6 Å². The molecule has 0 bridgehead atoms. The molecule has 3 heterocycles. The molecule has 1 aliphatic heterocycles. The predicted octanol–water partition coefficient (Wildman–Crippen LogP) is 4.95. The van der Waals surface area contributed by atoms with Crippen LogP contribution in [0.2, 0.25) is 0 Å². The van der Waals surface area contributed by atoms with Crippen LogP contribution in [0.5, 0.6) is 0 Å². The maximum absolute atomic E-state index is 4.96. The second-order valence-electron chi connectivity index (χ2n) is 8.63. The number of hydrogen-bond acceptors (Lipinski definition) is 5. The minimum absolute atomic E-state index is 0.715. The predicted molar refractivity (Wildman–Crippen MR) is 132 cm³/mol. The Hall–Kier alpha value is -3.57. The molecule has 4 aromatic rings. The van der Waals surface area contributed by atoms with Crippen molar-refractivity contribution in [2.75, 3.05) is 11.4 Å². The fourth-order valence-electron chi connectivity index (χ4n) is 4.52. The van der Waals surface area contributed by atoms with E-state index in [9.17, 15) is 0 Å². The van der Waals surface area contributed by atoms with Crippen molar-refractivity contribution in [1.29, 1.82) is 0 Å². The van der Waals surface area contributed by atoms with Crippen molar-refractivity contribution in [1.82, 2.24) is 19.9 Å². The maximum atomic E-state index is 4.96. The molecule has 0 atom stereocenters. The lowest BCUT2D eigenvalue weighted by molar-refractivity contribution is 0.241. The highest BCUT2D eigenvalue weighted by atomic mass is 15.2. The molecule has 0 saturated heterocycles. The van der Waals surface area contributed by atoms with Crippen LogP contribution in [-0.4, -0.2) is 26.4 Å². The Kier molecular flexibility index (Phi) is 6.40. The average molecular weight is 436 g/mol. The molecule has 0 saturated carbocycles. The van der Waals surface area contributed by atoms with Crippen LogP contribution >= 0.6 is 0 Å². The first-order valence-corrected chi connectivity index (χ1v) is 11.6. The highest BCUT2D eigenvalue weighted by Gasteiger charge is 2.25. The summed E-state index contributed by atoms with van der Waals surface area (Å²) in [6.45, 7) is 6.30. The van der Waals surface area contributed by atoms with Crippen LogP contribution in [0.3, 0.4) is 0 Å². The van der Waals surface area contributed by atoms with Crippen LogP contribution in [0.25, 0.3) is 0 Å². The summed E-state index contributed by atoms with van der Waals surface area (Å²) in [7, 11) is 0. The van der Waals surface area contributed by atoms with Crippen LogP contribution < -0.4 is 4.90 Å². The molecule has 0 N–H and O–H groups in total. The molecule has 1 aliphatic rings. The van der Waals surface area contributed by atoms with Gasteiger partial charge in [0.15, 0.2) is 0 Å². The number of fused-ring (bicyclic) bond motifs is 1. The lowest BCUT2D eigenvalue weighted by Gasteiger charge is -2.32. The Morgan fingerprint density at radius 3 is 2.27 bits per heavy atom. The molecule has 0 amide bonds.